The van der Waals surface area contributed by atoms with E-state index in [4.69, 9.17) is 4.74 Å². The lowest BCUT2D eigenvalue weighted by Gasteiger charge is -2.16. The van der Waals surface area contributed by atoms with Crippen LogP contribution in [0.2, 0.25) is 0 Å². The van der Waals surface area contributed by atoms with Crippen LogP contribution in [0.1, 0.15) is 37.7 Å². The summed E-state index contributed by atoms with van der Waals surface area (Å²) in [5.74, 6) is 0.875. The van der Waals surface area contributed by atoms with Crippen molar-refractivity contribution in [3.63, 3.8) is 0 Å². The van der Waals surface area contributed by atoms with E-state index in [-0.39, 0.29) is 5.82 Å². The average molecular weight is 315 g/mol. The fraction of sp³-hybridized carbons (Fsp3) is 0.600. The predicted molar refractivity (Wildman–Crippen MR) is 75.9 cm³/mol. The third-order valence-corrected chi connectivity index (χ3v) is 5.04. The summed E-state index contributed by atoms with van der Waals surface area (Å²) >= 11 is 3.79. The number of halogens is 2. The highest BCUT2D eigenvalue weighted by atomic mass is 79.9. The zero-order valence-electron chi connectivity index (χ0n) is 10.8. The van der Waals surface area contributed by atoms with Crippen LogP contribution in [0.15, 0.2) is 18.2 Å². The van der Waals surface area contributed by atoms with E-state index in [1.165, 1.54) is 32.8 Å². The number of aryl methyl sites for hydroxylation is 1. The molecular formula is C15H20BrFO. The first-order chi connectivity index (χ1) is 8.70. The van der Waals surface area contributed by atoms with Gasteiger partial charge >= 0.3 is 0 Å². The van der Waals surface area contributed by atoms with E-state index < -0.39 is 0 Å². The molecule has 1 aliphatic rings. The lowest BCUT2D eigenvalue weighted by Crippen LogP contribution is -2.11. The third-order valence-electron chi connectivity index (χ3n) is 3.84. The van der Waals surface area contributed by atoms with Gasteiger partial charge < -0.3 is 4.74 Å². The molecule has 1 fully saturated rings. The SMILES string of the molecule is COc1ccc(CCC(Br)C2CCCC2)cc1F. The Kier molecular flexibility index (Phi) is 5.04. The molecular weight excluding hydrogens is 295 g/mol. The number of alkyl halides is 1. The van der Waals surface area contributed by atoms with Gasteiger partial charge in [-0.05, 0) is 49.3 Å². The Bertz CT molecular complexity index is 388. The Hall–Kier alpha value is -0.570. The highest BCUT2D eigenvalue weighted by molar-refractivity contribution is 9.09. The highest BCUT2D eigenvalue weighted by Crippen LogP contribution is 2.33. The van der Waals surface area contributed by atoms with Gasteiger partial charge in [-0.15, -0.1) is 0 Å². The summed E-state index contributed by atoms with van der Waals surface area (Å²) in [6.45, 7) is 0. The van der Waals surface area contributed by atoms with Gasteiger partial charge in [-0.25, -0.2) is 4.39 Å². The van der Waals surface area contributed by atoms with E-state index in [1.807, 2.05) is 6.07 Å². The summed E-state index contributed by atoms with van der Waals surface area (Å²) in [4.78, 5) is 0.574. The van der Waals surface area contributed by atoms with Crippen molar-refractivity contribution in [1.29, 1.82) is 0 Å². The second-order valence-corrected chi connectivity index (χ2v) is 6.24. The van der Waals surface area contributed by atoms with E-state index in [0.29, 0.717) is 10.6 Å². The largest absolute Gasteiger partial charge is 0.494 e. The molecule has 3 heteroatoms. The quantitative estimate of drug-likeness (QED) is 0.714. The molecule has 1 atom stereocenters. The molecule has 100 valence electrons. The van der Waals surface area contributed by atoms with Crippen molar-refractivity contribution in [3.8, 4) is 5.75 Å². The Morgan fingerprint density at radius 3 is 2.72 bits per heavy atom. The molecule has 0 bridgehead atoms. The molecule has 1 aliphatic carbocycles. The molecule has 0 spiro atoms. The molecule has 0 radical (unpaired) electrons. The normalized spacial score (nSPS) is 17.9. The van der Waals surface area contributed by atoms with Crippen LogP contribution in [-0.4, -0.2) is 11.9 Å². The van der Waals surface area contributed by atoms with Crippen molar-refractivity contribution in [2.24, 2.45) is 5.92 Å². The Labute approximate surface area is 117 Å². The Balaban J connectivity index is 1.87. The summed E-state index contributed by atoms with van der Waals surface area (Å²) in [6.07, 6.45) is 7.41. The molecule has 0 heterocycles. The molecule has 18 heavy (non-hydrogen) atoms. The highest BCUT2D eigenvalue weighted by Gasteiger charge is 2.22. The fourth-order valence-electron chi connectivity index (χ4n) is 2.72. The van der Waals surface area contributed by atoms with Crippen LogP contribution in [0.5, 0.6) is 5.75 Å². The molecule has 0 aliphatic heterocycles. The van der Waals surface area contributed by atoms with Crippen molar-refractivity contribution in [2.75, 3.05) is 7.11 Å². The van der Waals surface area contributed by atoms with Gasteiger partial charge in [0.15, 0.2) is 11.6 Å². The molecule has 1 aromatic carbocycles. The molecule has 2 rings (SSSR count). The summed E-state index contributed by atoms with van der Waals surface area (Å²) < 4.78 is 18.5. The first-order valence-electron chi connectivity index (χ1n) is 6.67. The second kappa shape index (κ2) is 6.55. The van der Waals surface area contributed by atoms with Crippen LogP contribution in [0.4, 0.5) is 4.39 Å². The molecule has 1 saturated carbocycles. The van der Waals surface area contributed by atoms with Crippen molar-refractivity contribution < 1.29 is 9.13 Å². The Morgan fingerprint density at radius 2 is 2.11 bits per heavy atom. The van der Waals surface area contributed by atoms with Crippen LogP contribution in [-0.2, 0) is 6.42 Å². The van der Waals surface area contributed by atoms with Crippen LogP contribution in [0.3, 0.4) is 0 Å². The topological polar surface area (TPSA) is 9.23 Å². The summed E-state index contributed by atoms with van der Waals surface area (Å²) in [5, 5.41) is 0. The van der Waals surface area contributed by atoms with Crippen molar-refractivity contribution in [3.05, 3.63) is 29.6 Å². The summed E-state index contributed by atoms with van der Waals surface area (Å²) in [5.41, 5.74) is 1.05. The summed E-state index contributed by atoms with van der Waals surface area (Å²) in [7, 11) is 1.49. The number of hydrogen-bond donors (Lipinski definition) is 0. The smallest absolute Gasteiger partial charge is 0.165 e. The van der Waals surface area contributed by atoms with Gasteiger partial charge in [0, 0.05) is 4.83 Å². The maximum Gasteiger partial charge on any atom is 0.165 e. The molecule has 0 N–H and O–H groups in total. The first-order valence-corrected chi connectivity index (χ1v) is 7.58. The monoisotopic (exact) mass is 314 g/mol. The minimum absolute atomic E-state index is 0.262. The summed E-state index contributed by atoms with van der Waals surface area (Å²) in [6, 6.07) is 5.26. The molecule has 0 aromatic heterocycles. The van der Waals surface area contributed by atoms with E-state index in [0.717, 1.165) is 24.3 Å². The van der Waals surface area contributed by atoms with Crippen LogP contribution in [0, 0.1) is 11.7 Å². The third kappa shape index (κ3) is 3.47. The Morgan fingerprint density at radius 1 is 1.39 bits per heavy atom. The second-order valence-electron chi connectivity index (χ2n) is 5.07. The lowest BCUT2D eigenvalue weighted by atomic mass is 9.98. The predicted octanol–water partition coefficient (Wildman–Crippen LogP) is 4.72. The lowest BCUT2D eigenvalue weighted by molar-refractivity contribution is 0.386. The van der Waals surface area contributed by atoms with Gasteiger partial charge in [-0.2, -0.15) is 0 Å². The number of ether oxygens (including phenoxy) is 1. The molecule has 0 amide bonds. The van der Waals surface area contributed by atoms with Gasteiger partial charge in [-0.1, -0.05) is 34.8 Å². The molecule has 1 nitrogen and oxygen atoms in total. The zero-order chi connectivity index (χ0) is 13.0. The van der Waals surface area contributed by atoms with Gasteiger partial charge in [-0.3, -0.25) is 0 Å². The number of rotatable bonds is 5. The van der Waals surface area contributed by atoms with Gasteiger partial charge in [0.05, 0.1) is 7.11 Å². The van der Waals surface area contributed by atoms with E-state index in [1.54, 1.807) is 12.1 Å². The number of hydrogen-bond acceptors (Lipinski definition) is 1. The maximum absolute atomic E-state index is 13.5. The number of methoxy groups -OCH3 is 1. The van der Waals surface area contributed by atoms with E-state index in [9.17, 15) is 4.39 Å². The van der Waals surface area contributed by atoms with Crippen LogP contribution >= 0.6 is 15.9 Å². The van der Waals surface area contributed by atoms with Gasteiger partial charge in [0.25, 0.3) is 0 Å². The fourth-order valence-corrected chi connectivity index (χ4v) is 3.48. The standard InChI is InChI=1S/C15H20BrFO/c1-18-15-9-7-11(10-14(15)17)6-8-13(16)12-4-2-3-5-12/h7,9-10,12-13H,2-6,8H2,1H3. The van der Waals surface area contributed by atoms with Crippen LogP contribution in [0.25, 0.3) is 0 Å². The molecule has 1 unspecified atom stereocenters. The molecule has 0 saturated heterocycles. The minimum Gasteiger partial charge on any atom is -0.494 e. The van der Waals surface area contributed by atoms with Crippen LogP contribution < -0.4 is 4.74 Å². The van der Waals surface area contributed by atoms with E-state index in [2.05, 4.69) is 15.9 Å². The van der Waals surface area contributed by atoms with E-state index >= 15 is 0 Å². The molecule has 1 aromatic rings. The minimum atomic E-state index is -0.262. The number of benzene rings is 1. The average Bonchev–Trinajstić information content (AvgIpc) is 2.90. The van der Waals surface area contributed by atoms with Gasteiger partial charge in [0.2, 0.25) is 0 Å². The van der Waals surface area contributed by atoms with Crippen molar-refractivity contribution in [1.82, 2.24) is 0 Å². The van der Waals surface area contributed by atoms with Crippen molar-refractivity contribution >= 4 is 15.9 Å². The van der Waals surface area contributed by atoms with Gasteiger partial charge in [0.1, 0.15) is 0 Å². The van der Waals surface area contributed by atoms with Crippen molar-refractivity contribution in [2.45, 2.75) is 43.4 Å². The first kappa shape index (κ1) is 13.9. The zero-order valence-corrected chi connectivity index (χ0v) is 12.4. The maximum atomic E-state index is 13.5.